The number of aromatic amines is 1. The largest absolute Gasteiger partial charge is 0.357 e. The summed E-state index contributed by atoms with van der Waals surface area (Å²) in [5.41, 5.74) is 2.61. The summed E-state index contributed by atoms with van der Waals surface area (Å²) < 4.78 is 0. The minimum atomic E-state index is 0.911. The Kier molecular flexibility index (Phi) is 2.89. The number of H-pyrrole nitrogens is 1. The SMILES string of the molecule is CC1CCN(Cc2cc3ccccc3[nH]2)CC1. The van der Waals surface area contributed by atoms with Crippen LogP contribution in [0.1, 0.15) is 25.5 Å². The maximum atomic E-state index is 3.51. The third-order valence-electron chi connectivity index (χ3n) is 3.86. The number of fused-ring (bicyclic) bond motifs is 1. The number of nitrogens with zero attached hydrogens (tertiary/aromatic N) is 1. The van der Waals surface area contributed by atoms with E-state index in [0.29, 0.717) is 0 Å². The number of nitrogens with one attached hydrogen (secondary N) is 1. The number of likely N-dealkylation sites (tertiary alicyclic amines) is 1. The number of hydrogen-bond donors (Lipinski definition) is 1. The molecular formula is C15H20N2. The molecule has 1 saturated heterocycles. The molecule has 1 aliphatic heterocycles. The van der Waals surface area contributed by atoms with E-state index < -0.39 is 0 Å². The molecule has 0 radical (unpaired) electrons. The van der Waals surface area contributed by atoms with Gasteiger partial charge in [0.15, 0.2) is 0 Å². The summed E-state index contributed by atoms with van der Waals surface area (Å²) in [7, 11) is 0. The molecule has 2 heteroatoms. The number of piperidine rings is 1. The zero-order chi connectivity index (χ0) is 11.7. The number of rotatable bonds is 2. The van der Waals surface area contributed by atoms with Gasteiger partial charge in [0.1, 0.15) is 0 Å². The van der Waals surface area contributed by atoms with Gasteiger partial charge in [-0.15, -0.1) is 0 Å². The number of aromatic nitrogens is 1. The predicted octanol–water partition coefficient (Wildman–Crippen LogP) is 3.40. The van der Waals surface area contributed by atoms with E-state index in [1.165, 1.54) is 42.5 Å². The Morgan fingerprint density at radius 2 is 2.00 bits per heavy atom. The van der Waals surface area contributed by atoms with Gasteiger partial charge in [0.25, 0.3) is 0 Å². The third-order valence-corrected chi connectivity index (χ3v) is 3.86. The van der Waals surface area contributed by atoms with Gasteiger partial charge >= 0.3 is 0 Å². The molecule has 0 atom stereocenters. The molecule has 1 aromatic heterocycles. The predicted molar refractivity (Wildman–Crippen MR) is 72.0 cm³/mol. The second kappa shape index (κ2) is 4.53. The highest BCUT2D eigenvalue weighted by molar-refractivity contribution is 5.80. The van der Waals surface area contributed by atoms with Crippen LogP contribution in [0.4, 0.5) is 0 Å². The van der Waals surface area contributed by atoms with Crippen molar-refractivity contribution in [2.75, 3.05) is 13.1 Å². The molecule has 2 aromatic rings. The van der Waals surface area contributed by atoms with E-state index in [0.717, 1.165) is 12.5 Å². The van der Waals surface area contributed by atoms with Crippen LogP contribution in [0.2, 0.25) is 0 Å². The highest BCUT2D eigenvalue weighted by atomic mass is 15.1. The molecule has 0 amide bonds. The fourth-order valence-corrected chi connectivity index (χ4v) is 2.68. The van der Waals surface area contributed by atoms with Gasteiger partial charge in [0.2, 0.25) is 0 Å². The fraction of sp³-hybridized carbons (Fsp3) is 0.467. The van der Waals surface area contributed by atoms with Crippen LogP contribution in [0.25, 0.3) is 10.9 Å². The molecule has 1 N–H and O–H groups in total. The van der Waals surface area contributed by atoms with Gasteiger partial charge in [-0.1, -0.05) is 25.1 Å². The first-order chi connectivity index (χ1) is 8.31. The Hall–Kier alpha value is -1.28. The fourth-order valence-electron chi connectivity index (χ4n) is 2.68. The van der Waals surface area contributed by atoms with Crippen molar-refractivity contribution in [3.05, 3.63) is 36.0 Å². The molecule has 1 aliphatic rings. The van der Waals surface area contributed by atoms with E-state index in [2.05, 4.69) is 47.1 Å². The van der Waals surface area contributed by atoms with Gasteiger partial charge in [-0.2, -0.15) is 0 Å². The van der Waals surface area contributed by atoms with Crippen molar-refractivity contribution >= 4 is 10.9 Å². The molecule has 0 aliphatic carbocycles. The lowest BCUT2D eigenvalue weighted by Gasteiger charge is -2.29. The highest BCUT2D eigenvalue weighted by Crippen LogP contribution is 2.20. The van der Waals surface area contributed by atoms with Crippen LogP contribution in [0.15, 0.2) is 30.3 Å². The topological polar surface area (TPSA) is 19.0 Å². The third kappa shape index (κ3) is 2.37. The van der Waals surface area contributed by atoms with E-state index in [1.807, 2.05) is 0 Å². The first kappa shape index (κ1) is 10.8. The summed E-state index contributed by atoms with van der Waals surface area (Å²) in [5.74, 6) is 0.911. The lowest BCUT2D eigenvalue weighted by Crippen LogP contribution is -2.32. The number of para-hydroxylation sites is 1. The molecule has 1 aromatic carbocycles. The first-order valence-corrected chi connectivity index (χ1v) is 6.60. The van der Waals surface area contributed by atoms with E-state index in [4.69, 9.17) is 0 Å². The van der Waals surface area contributed by atoms with Gasteiger partial charge in [-0.25, -0.2) is 0 Å². The Bertz CT molecular complexity index is 459. The monoisotopic (exact) mass is 228 g/mol. The highest BCUT2D eigenvalue weighted by Gasteiger charge is 2.16. The average Bonchev–Trinajstić information content (AvgIpc) is 2.74. The van der Waals surface area contributed by atoms with Crippen molar-refractivity contribution in [2.45, 2.75) is 26.3 Å². The molecule has 0 spiro atoms. The van der Waals surface area contributed by atoms with Crippen molar-refractivity contribution in [1.29, 1.82) is 0 Å². The van der Waals surface area contributed by atoms with Crippen LogP contribution >= 0.6 is 0 Å². The van der Waals surface area contributed by atoms with Crippen LogP contribution in [-0.2, 0) is 6.54 Å². The molecule has 1 fully saturated rings. The number of hydrogen-bond acceptors (Lipinski definition) is 1. The maximum Gasteiger partial charge on any atom is 0.0456 e. The molecule has 2 nitrogen and oxygen atoms in total. The summed E-state index contributed by atoms with van der Waals surface area (Å²) in [6.45, 7) is 5.93. The Balaban J connectivity index is 1.72. The molecular weight excluding hydrogens is 208 g/mol. The maximum absolute atomic E-state index is 3.51. The van der Waals surface area contributed by atoms with Crippen LogP contribution in [0.5, 0.6) is 0 Å². The first-order valence-electron chi connectivity index (χ1n) is 6.60. The molecule has 90 valence electrons. The zero-order valence-electron chi connectivity index (χ0n) is 10.4. The molecule has 0 unspecified atom stereocenters. The van der Waals surface area contributed by atoms with Crippen LogP contribution in [0.3, 0.4) is 0 Å². The van der Waals surface area contributed by atoms with Gasteiger partial charge in [-0.05, 0) is 49.4 Å². The van der Waals surface area contributed by atoms with Gasteiger partial charge in [0.05, 0.1) is 0 Å². The molecule has 0 bridgehead atoms. The molecule has 0 saturated carbocycles. The van der Waals surface area contributed by atoms with Gasteiger partial charge < -0.3 is 4.98 Å². The van der Waals surface area contributed by atoms with Gasteiger partial charge in [0, 0.05) is 17.8 Å². The second-order valence-corrected chi connectivity index (χ2v) is 5.34. The lowest BCUT2D eigenvalue weighted by atomic mass is 9.99. The van der Waals surface area contributed by atoms with E-state index in [9.17, 15) is 0 Å². The van der Waals surface area contributed by atoms with Gasteiger partial charge in [-0.3, -0.25) is 4.90 Å². The van der Waals surface area contributed by atoms with E-state index >= 15 is 0 Å². The minimum absolute atomic E-state index is 0.911. The Morgan fingerprint density at radius 3 is 2.76 bits per heavy atom. The molecule has 2 heterocycles. The standard InChI is InChI=1S/C15H20N2/c1-12-6-8-17(9-7-12)11-14-10-13-4-2-3-5-15(13)16-14/h2-5,10,12,16H,6-9,11H2,1H3. The van der Waals surface area contributed by atoms with Crippen molar-refractivity contribution in [1.82, 2.24) is 9.88 Å². The Labute approximate surface area is 103 Å². The summed E-state index contributed by atoms with van der Waals surface area (Å²) >= 11 is 0. The van der Waals surface area contributed by atoms with Crippen LogP contribution in [0, 0.1) is 5.92 Å². The smallest absolute Gasteiger partial charge is 0.0456 e. The second-order valence-electron chi connectivity index (χ2n) is 5.34. The normalized spacial score (nSPS) is 18.9. The summed E-state index contributed by atoms with van der Waals surface area (Å²) in [6, 6.07) is 10.8. The number of benzene rings is 1. The lowest BCUT2D eigenvalue weighted by molar-refractivity contribution is 0.184. The average molecular weight is 228 g/mol. The minimum Gasteiger partial charge on any atom is -0.357 e. The van der Waals surface area contributed by atoms with E-state index in [-0.39, 0.29) is 0 Å². The van der Waals surface area contributed by atoms with Crippen LogP contribution < -0.4 is 0 Å². The Morgan fingerprint density at radius 1 is 1.24 bits per heavy atom. The zero-order valence-corrected chi connectivity index (χ0v) is 10.4. The van der Waals surface area contributed by atoms with Crippen molar-refractivity contribution in [3.63, 3.8) is 0 Å². The summed E-state index contributed by atoms with van der Waals surface area (Å²) in [5, 5.41) is 1.33. The summed E-state index contributed by atoms with van der Waals surface area (Å²) in [4.78, 5) is 6.07. The van der Waals surface area contributed by atoms with E-state index in [1.54, 1.807) is 0 Å². The van der Waals surface area contributed by atoms with Crippen molar-refractivity contribution in [3.8, 4) is 0 Å². The molecule has 17 heavy (non-hydrogen) atoms. The van der Waals surface area contributed by atoms with Crippen LogP contribution in [-0.4, -0.2) is 23.0 Å². The molecule has 3 rings (SSSR count). The summed E-state index contributed by atoms with van der Waals surface area (Å²) in [6.07, 6.45) is 2.69. The van der Waals surface area contributed by atoms with Crippen molar-refractivity contribution in [2.24, 2.45) is 5.92 Å². The quantitative estimate of drug-likeness (QED) is 0.834. The van der Waals surface area contributed by atoms with Crippen molar-refractivity contribution < 1.29 is 0 Å².